The Morgan fingerprint density at radius 3 is 2.47 bits per heavy atom. The summed E-state index contributed by atoms with van der Waals surface area (Å²) in [5, 5.41) is 0. The minimum absolute atomic E-state index is 0.0842. The van der Waals surface area contributed by atoms with Crippen LogP contribution in [0.2, 0.25) is 0 Å². The Morgan fingerprint density at radius 1 is 1.24 bits per heavy atom. The third-order valence-electron chi connectivity index (χ3n) is 2.40. The molecule has 2 N–H and O–H groups in total. The second-order valence-electron chi connectivity index (χ2n) is 4.07. The molecule has 0 aromatic heterocycles. The number of rotatable bonds is 6. The molecular formula is C13H19NO2S. The van der Waals surface area contributed by atoms with Crippen molar-refractivity contribution in [1.82, 2.24) is 0 Å². The van der Waals surface area contributed by atoms with Gasteiger partial charge in [-0.25, -0.2) is 8.42 Å². The lowest BCUT2D eigenvalue weighted by Gasteiger charge is -1.99. The van der Waals surface area contributed by atoms with Crippen molar-refractivity contribution in [3.05, 3.63) is 41.5 Å². The zero-order valence-corrected chi connectivity index (χ0v) is 10.9. The Labute approximate surface area is 103 Å². The highest BCUT2D eigenvalue weighted by atomic mass is 32.2. The SMILES string of the molecule is Cc1ccc(/C=C/CS(=O)(=O)CCCN)cc1. The van der Waals surface area contributed by atoms with Gasteiger partial charge in [0.15, 0.2) is 9.84 Å². The first-order chi connectivity index (χ1) is 8.03. The second kappa shape index (κ2) is 6.57. The Bertz CT molecular complexity index is 461. The van der Waals surface area contributed by atoms with Gasteiger partial charge in [-0.1, -0.05) is 42.0 Å². The first kappa shape index (κ1) is 13.9. The van der Waals surface area contributed by atoms with Crippen LogP contribution >= 0.6 is 0 Å². The monoisotopic (exact) mass is 253 g/mol. The van der Waals surface area contributed by atoms with Crippen molar-refractivity contribution >= 4 is 15.9 Å². The highest BCUT2D eigenvalue weighted by Crippen LogP contribution is 2.05. The third kappa shape index (κ3) is 5.65. The molecule has 1 rings (SSSR count). The van der Waals surface area contributed by atoms with Crippen LogP contribution in [0.15, 0.2) is 30.3 Å². The predicted molar refractivity (Wildman–Crippen MR) is 72.5 cm³/mol. The minimum Gasteiger partial charge on any atom is -0.330 e. The average Bonchev–Trinajstić information content (AvgIpc) is 2.29. The lowest BCUT2D eigenvalue weighted by atomic mass is 10.1. The molecule has 0 atom stereocenters. The van der Waals surface area contributed by atoms with Crippen LogP contribution in [0.5, 0.6) is 0 Å². The smallest absolute Gasteiger partial charge is 0.153 e. The van der Waals surface area contributed by atoms with E-state index in [1.54, 1.807) is 6.08 Å². The Morgan fingerprint density at radius 2 is 1.88 bits per heavy atom. The summed E-state index contributed by atoms with van der Waals surface area (Å²) >= 11 is 0. The minimum atomic E-state index is -2.99. The molecule has 0 fully saturated rings. The van der Waals surface area contributed by atoms with Crippen molar-refractivity contribution in [3.63, 3.8) is 0 Å². The van der Waals surface area contributed by atoms with E-state index >= 15 is 0 Å². The van der Waals surface area contributed by atoms with Gasteiger partial charge in [0.1, 0.15) is 0 Å². The second-order valence-corrected chi connectivity index (χ2v) is 6.30. The van der Waals surface area contributed by atoms with Gasteiger partial charge in [0.2, 0.25) is 0 Å². The van der Waals surface area contributed by atoms with Gasteiger partial charge in [0.05, 0.1) is 11.5 Å². The molecule has 0 saturated heterocycles. The lowest BCUT2D eigenvalue weighted by Crippen LogP contribution is -2.13. The molecule has 17 heavy (non-hydrogen) atoms. The zero-order chi connectivity index (χ0) is 12.7. The summed E-state index contributed by atoms with van der Waals surface area (Å²) in [4.78, 5) is 0. The summed E-state index contributed by atoms with van der Waals surface area (Å²) < 4.78 is 23.1. The molecule has 0 aliphatic carbocycles. The maximum absolute atomic E-state index is 11.5. The number of benzene rings is 1. The molecule has 0 unspecified atom stereocenters. The molecule has 0 heterocycles. The number of nitrogens with two attached hydrogens (primary N) is 1. The van der Waals surface area contributed by atoms with E-state index in [0.717, 1.165) is 5.56 Å². The summed E-state index contributed by atoms with van der Waals surface area (Å²) in [5.74, 6) is 0.253. The maximum atomic E-state index is 11.5. The van der Waals surface area contributed by atoms with E-state index in [-0.39, 0.29) is 11.5 Å². The van der Waals surface area contributed by atoms with Crippen LogP contribution in [0.25, 0.3) is 6.08 Å². The van der Waals surface area contributed by atoms with Crippen molar-refractivity contribution in [1.29, 1.82) is 0 Å². The van der Waals surface area contributed by atoms with Crippen LogP contribution in [0.4, 0.5) is 0 Å². The van der Waals surface area contributed by atoms with Crippen LogP contribution in [-0.2, 0) is 9.84 Å². The number of sulfone groups is 1. The Balaban J connectivity index is 2.52. The van der Waals surface area contributed by atoms with Gasteiger partial charge < -0.3 is 5.73 Å². The quantitative estimate of drug-likeness (QED) is 0.840. The molecule has 1 aromatic carbocycles. The summed E-state index contributed by atoms with van der Waals surface area (Å²) in [5.41, 5.74) is 7.50. The van der Waals surface area contributed by atoms with E-state index in [2.05, 4.69) is 0 Å². The Hall–Kier alpha value is -1.13. The summed E-state index contributed by atoms with van der Waals surface area (Å²) in [6, 6.07) is 7.95. The molecule has 0 saturated carbocycles. The van der Waals surface area contributed by atoms with Crippen LogP contribution in [-0.4, -0.2) is 26.5 Å². The number of aryl methyl sites for hydroxylation is 1. The van der Waals surface area contributed by atoms with E-state index in [9.17, 15) is 8.42 Å². The van der Waals surface area contributed by atoms with Gasteiger partial charge >= 0.3 is 0 Å². The van der Waals surface area contributed by atoms with E-state index in [1.165, 1.54) is 5.56 Å². The topological polar surface area (TPSA) is 60.2 Å². The van der Waals surface area contributed by atoms with Crippen molar-refractivity contribution in [2.75, 3.05) is 18.1 Å². The van der Waals surface area contributed by atoms with Crippen LogP contribution in [0.1, 0.15) is 17.5 Å². The fraction of sp³-hybridized carbons (Fsp3) is 0.385. The Kier molecular flexibility index (Phi) is 5.38. The summed E-state index contributed by atoms with van der Waals surface area (Å²) in [6.07, 6.45) is 4.05. The molecule has 1 aromatic rings. The van der Waals surface area contributed by atoms with Crippen molar-refractivity contribution < 1.29 is 8.42 Å². The standard InChI is InChI=1S/C13H19NO2S/c1-12-5-7-13(8-6-12)4-2-10-17(15,16)11-3-9-14/h2,4-8H,3,9-11,14H2,1H3/b4-2+. The van der Waals surface area contributed by atoms with E-state index in [0.29, 0.717) is 13.0 Å². The maximum Gasteiger partial charge on any atom is 0.153 e. The number of hydrogen-bond acceptors (Lipinski definition) is 3. The van der Waals surface area contributed by atoms with Crippen LogP contribution in [0.3, 0.4) is 0 Å². The van der Waals surface area contributed by atoms with Gasteiger partial charge in [-0.2, -0.15) is 0 Å². The fourth-order valence-electron chi connectivity index (χ4n) is 1.39. The molecule has 0 aliphatic heterocycles. The molecule has 0 amide bonds. The van der Waals surface area contributed by atoms with Gasteiger partial charge in [-0.05, 0) is 25.5 Å². The van der Waals surface area contributed by atoms with Gasteiger partial charge in [0, 0.05) is 0 Å². The van der Waals surface area contributed by atoms with E-state index < -0.39 is 9.84 Å². The average molecular weight is 253 g/mol. The van der Waals surface area contributed by atoms with Crippen molar-refractivity contribution in [2.45, 2.75) is 13.3 Å². The van der Waals surface area contributed by atoms with Gasteiger partial charge in [-0.3, -0.25) is 0 Å². The fourth-order valence-corrected chi connectivity index (χ4v) is 2.56. The molecule has 0 spiro atoms. The predicted octanol–water partition coefficient (Wildman–Crippen LogP) is 1.77. The van der Waals surface area contributed by atoms with E-state index in [1.807, 2.05) is 37.3 Å². The molecule has 94 valence electrons. The molecule has 4 heteroatoms. The van der Waals surface area contributed by atoms with Crippen molar-refractivity contribution in [2.24, 2.45) is 5.73 Å². The zero-order valence-electron chi connectivity index (χ0n) is 10.1. The molecule has 0 radical (unpaired) electrons. The van der Waals surface area contributed by atoms with Gasteiger partial charge in [0.25, 0.3) is 0 Å². The summed E-state index contributed by atoms with van der Waals surface area (Å²) in [6.45, 7) is 2.44. The highest BCUT2D eigenvalue weighted by Gasteiger charge is 2.06. The van der Waals surface area contributed by atoms with Crippen LogP contribution < -0.4 is 5.73 Å². The third-order valence-corrected chi connectivity index (χ3v) is 4.01. The first-order valence-electron chi connectivity index (χ1n) is 5.67. The molecule has 0 bridgehead atoms. The van der Waals surface area contributed by atoms with Crippen LogP contribution in [0, 0.1) is 6.92 Å². The molecular weight excluding hydrogens is 234 g/mol. The molecule has 0 aliphatic rings. The number of hydrogen-bond donors (Lipinski definition) is 1. The molecule has 3 nitrogen and oxygen atoms in total. The summed E-state index contributed by atoms with van der Waals surface area (Å²) in [7, 11) is -2.99. The van der Waals surface area contributed by atoms with Crippen molar-refractivity contribution in [3.8, 4) is 0 Å². The highest BCUT2D eigenvalue weighted by molar-refractivity contribution is 7.91. The van der Waals surface area contributed by atoms with Gasteiger partial charge in [-0.15, -0.1) is 0 Å². The van der Waals surface area contributed by atoms with E-state index in [4.69, 9.17) is 5.73 Å². The normalized spacial score (nSPS) is 12.1. The first-order valence-corrected chi connectivity index (χ1v) is 7.49. The largest absolute Gasteiger partial charge is 0.330 e. The lowest BCUT2D eigenvalue weighted by molar-refractivity contribution is 0.596.